The van der Waals surface area contributed by atoms with Crippen molar-refractivity contribution in [3.05, 3.63) is 29.0 Å². The van der Waals surface area contributed by atoms with Crippen molar-refractivity contribution in [1.29, 1.82) is 0 Å². The number of ether oxygens (including phenoxy) is 1. The second-order valence-corrected chi connectivity index (χ2v) is 9.55. The molecule has 2 aromatic rings. The second-order valence-electron chi connectivity index (χ2n) is 9.55. The number of carbonyl (C=O) groups excluding carboxylic acids is 1. The van der Waals surface area contributed by atoms with E-state index in [1.807, 2.05) is 6.07 Å². The van der Waals surface area contributed by atoms with Crippen molar-refractivity contribution in [2.24, 2.45) is 11.8 Å². The third-order valence-corrected chi connectivity index (χ3v) is 7.66. The fourth-order valence-electron chi connectivity index (χ4n) is 5.80. The van der Waals surface area contributed by atoms with Crippen LogP contribution in [-0.4, -0.2) is 52.0 Å². The van der Waals surface area contributed by atoms with Crippen LogP contribution in [0.1, 0.15) is 61.5 Å². The lowest BCUT2D eigenvalue weighted by Crippen LogP contribution is -2.43. The first-order valence-corrected chi connectivity index (χ1v) is 11.1. The topological polar surface area (TPSA) is 59.7 Å². The molecule has 0 bridgehead atoms. The number of carbonyl (C=O) groups is 1. The van der Waals surface area contributed by atoms with E-state index in [4.69, 9.17) is 4.74 Å². The fraction of sp³-hybridized carbons (Fsp3) is 0.682. The van der Waals surface area contributed by atoms with Crippen molar-refractivity contribution >= 4 is 11.7 Å². The first-order valence-electron chi connectivity index (χ1n) is 11.1. The minimum Gasteiger partial charge on any atom is -0.453 e. The Morgan fingerprint density at radius 1 is 1.22 bits per heavy atom. The normalized spacial score (nSPS) is 30.3. The van der Waals surface area contributed by atoms with E-state index in [2.05, 4.69) is 10.1 Å². The summed E-state index contributed by atoms with van der Waals surface area (Å²) in [5.74, 6) is -1.85. The summed E-state index contributed by atoms with van der Waals surface area (Å²) in [7, 11) is 1.35. The Morgan fingerprint density at radius 2 is 1.94 bits per heavy atom. The highest BCUT2D eigenvalue weighted by Gasteiger charge is 2.60. The Labute approximate surface area is 182 Å². The molecule has 1 saturated heterocycles. The Bertz CT molecular complexity index is 1060. The molecule has 1 aliphatic heterocycles. The van der Waals surface area contributed by atoms with Crippen molar-refractivity contribution in [2.45, 2.75) is 63.0 Å². The van der Waals surface area contributed by atoms with Crippen LogP contribution < -0.4 is 0 Å². The van der Waals surface area contributed by atoms with Crippen LogP contribution in [0.25, 0.3) is 5.65 Å². The summed E-state index contributed by atoms with van der Waals surface area (Å²) < 4.78 is 61.0. The number of aromatic nitrogens is 3. The number of aryl methyl sites for hydroxylation is 1. The number of alkyl halides is 3. The highest BCUT2D eigenvalue weighted by molar-refractivity contribution is 5.68. The van der Waals surface area contributed by atoms with Crippen LogP contribution in [0, 0.1) is 24.6 Å². The second kappa shape index (κ2) is 7.31. The van der Waals surface area contributed by atoms with Gasteiger partial charge in [0, 0.05) is 30.1 Å². The van der Waals surface area contributed by atoms with Gasteiger partial charge in [-0.25, -0.2) is 18.7 Å². The SMILES string of the molecule is COC(=O)N1CC[C@H]2C[C@@]2(c2cc(C)nc3c(F)c(C4CCC(C(F)(F)F)CC4)nn23)C1. The summed E-state index contributed by atoms with van der Waals surface area (Å²) in [6.07, 6.45) is -2.41. The van der Waals surface area contributed by atoms with Gasteiger partial charge in [-0.2, -0.15) is 18.3 Å². The molecule has 2 aromatic heterocycles. The Morgan fingerprint density at radius 3 is 2.59 bits per heavy atom. The lowest BCUT2D eigenvalue weighted by atomic mass is 9.80. The molecular formula is C22H26F4N4O2. The number of rotatable bonds is 2. The van der Waals surface area contributed by atoms with Crippen LogP contribution >= 0.6 is 0 Å². The number of hydrogen-bond donors (Lipinski definition) is 0. The van der Waals surface area contributed by atoms with E-state index < -0.39 is 17.9 Å². The molecule has 3 heterocycles. The number of amides is 1. The Balaban J connectivity index is 1.49. The molecule has 174 valence electrons. The Kier molecular flexibility index (Phi) is 4.90. The lowest BCUT2D eigenvalue weighted by molar-refractivity contribution is -0.182. The van der Waals surface area contributed by atoms with Crippen LogP contribution in [0.5, 0.6) is 0 Å². The minimum atomic E-state index is -4.21. The van der Waals surface area contributed by atoms with Crippen LogP contribution in [0.4, 0.5) is 22.4 Å². The predicted octanol–water partition coefficient (Wildman–Crippen LogP) is 4.74. The van der Waals surface area contributed by atoms with Crippen molar-refractivity contribution in [3.63, 3.8) is 0 Å². The molecule has 2 atom stereocenters. The van der Waals surface area contributed by atoms with Crippen molar-refractivity contribution in [1.82, 2.24) is 19.5 Å². The molecule has 3 aliphatic rings. The van der Waals surface area contributed by atoms with Gasteiger partial charge in [0.2, 0.25) is 0 Å². The van der Waals surface area contributed by atoms with Crippen LogP contribution in [-0.2, 0) is 10.2 Å². The highest BCUT2D eigenvalue weighted by atomic mass is 19.4. The van der Waals surface area contributed by atoms with Gasteiger partial charge in [0.25, 0.3) is 0 Å². The first kappa shape index (κ1) is 21.5. The molecule has 32 heavy (non-hydrogen) atoms. The van der Waals surface area contributed by atoms with E-state index in [0.29, 0.717) is 24.7 Å². The number of hydrogen-bond acceptors (Lipinski definition) is 4. The van der Waals surface area contributed by atoms with Gasteiger partial charge in [0.05, 0.1) is 18.7 Å². The number of halogens is 4. The summed E-state index contributed by atoms with van der Waals surface area (Å²) in [6.45, 7) is 2.88. The minimum absolute atomic E-state index is 0.0130. The molecule has 0 spiro atoms. The standard InChI is InChI=1S/C22H26F4N4O2/c1-12-9-16(21-10-15(21)7-8-29(11-21)20(31)32-2)30-19(27-12)17(23)18(28-30)13-3-5-14(6-4-13)22(24,25)26/h9,13-15H,3-8,10-11H2,1-2H3/t13?,14?,15-,21+/m0/s1. The zero-order chi connectivity index (χ0) is 22.8. The predicted molar refractivity (Wildman–Crippen MR) is 107 cm³/mol. The van der Waals surface area contributed by atoms with Crippen molar-refractivity contribution < 1.29 is 27.1 Å². The zero-order valence-electron chi connectivity index (χ0n) is 18.1. The molecule has 1 amide bonds. The van der Waals surface area contributed by atoms with Crippen LogP contribution in [0.15, 0.2) is 6.07 Å². The Hall–Kier alpha value is -2.39. The average Bonchev–Trinajstić information content (AvgIpc) is 3.42. The van der Waals surface area contributed by atoms with Crippen LogP contribution in [0.2, 0.25) is 0 Å². The molecule has 2 aliphatic carbocycles. The zero-order valence-corrected chi connectivity index (χ0v) is 18.1. The van der Waals surface area contributed by atoms with Crippen LogP contribution in [0.3, 0.4) is 0 Å². The molecule has 6 nitrogen and oxygen atoms in total. The summed E-state index contributed by atoms with van der Waals surface area (Å²) in [6, 6.07) is 1.89. The third-order valence-electron chi connectivity index (χ3n) is 7.66. The van der Waals surface area contributed by atoms with E-state index in [1.165, 1.54) is 11.6 Å². The van der Waals surface area contributed by atoms with E-state index >= 15 is 4.39 Å². The van der Waals surface area contributed by atoms with E-state index in [1.54, 1.807) is 11.8 Å². The number of likely N-dealkylation sites (tertiary alicyclic amines) is 1. The molecule has 0 N–H and O–H groups in total. The summed E-state index contributed by atoms with van der Waals surface area (Å²) in [5.41, 5.74) is 1.45. The van der Waals surface area contributed by atoms with Gasteiger partial charge in [0.1, 0.15) is 5.69 Å². The first-order chi connectivity index (χ1) is 15.1. The highest BCUT2D eigenvalue weighted by Crippen LogP contribution is 2.58. The molecule has 0 unspecified atom stereocenters. The van der Waals surface area contributed by atoms with Gasteiger partial charge in [-0.15, -0.1) is 0 Å². The van der Waals surface area contributed by atoms with Gasteiger partial charge in [-0.1, -0.05) is 0 Å². The summed E-state index contributed by atoms with van der Waals surface area (Å²) in [4.78, 5) is 18.2. The van der Waals surface area contributed by atoms with Crippen molar-refractivity contribution in [3.8, 4) is 0 Å². The third kappa shape index (κ3) is 3.33. The average molecular weight is 454 g/mol. The van der Waals surface area contributed by atoms with Gasteiger partial charge >= 0.3 is 12.3 Å². The van der Waals surface area contributed by atoms with Crippen molar-refractivity contribution in [2.75, 3.05) is 20.2 Å². The number of fused-ring (bicyclic) bond motifs is 2. The van der Waals surface area contributed by atoms with Gasteiger partial charge in [-0.05, 0) is 57.4 Å². The number of piperidine rings is 1. The molecule has 2 saturated carbocycles. The largest absolute Gasteiger partial charge is 0.453 e. The molecule has 0 radical (unpaired) electrons. The van der Waals surface area contributed by atoms with E-state index in [9.17, 15) is 18.0 Å². The molecule has 5 rings (SSSR count). The van der Waals surface area contributed by atoms with E-state index in [-0.39, 0.29) is 54.5 Å². The molecule has 3 fully saturated rings. The fourth-order valence-corrected chi connectivity index (χ4v) is 5.80. The monoisotopic (exact) mass is 454 g/mol. The lowest BCUT2D eigenvalue weighted by Gasteiger charge is -2.32. The van der Waals surface area contributed by atoms with Gasteiger partial charge in [-0.3, -0.25) is 0 Å². The number of nitrogens with zero attached hydrogens (tertiary/aromatic N) is 4. The molecule has 10 heteroatoms. The van der Waals surface area contributed by atoms with E-state index in [0.717, 1.165) is 18.5 Å². The maximum atomic E-state index is 15.4. The smallest absolute Gasteiger partial charge is 0.409 e. The summed E-state index contributed by atoms with van der Waals surface area (Å²) >= 11 is 0. The molecule has 0 aromatic carbocycles. The molecular weight excluding hydrogens is 428 g/mol. The maximum absolute atomic E-state index is 15.4. The quantitative estimate of drug-likeness (QED) is 0.615. The summed E-state index contributed by atoms with van der Waals surface area (Å²) in [5, 5.41) is 4.56. The maximum Gasteiger partial charge on any atom is 0.409 e. The number of methoxy groups -OCH3 is 1. The van der Waals surface area contributed by atoms with Gasteiger partial charge in [0.15, 0.2) is 11.5 Å². The van der Waals surface area contributed by atoms with Gasteiger partial charge < -0.3 is 9.64 Å².